The summed E-state index contributed by atoms with van der Waals surface area (Å²) in [5, 5.41) is 3.03. The van der Waals surface area contributed by atoms with Crippen LogP contribution in [-0.2, 0) is 20.9 Å². The van der Waals surface area contributed by atoms with Gasteiger partial charge in [0.15, 0.2) is 6.29 Å². The molecule has 29 heavy (non-hydrogen) atoms. The topological polar surface area (TPSA) is 60.9 Å². The molecule has 7 heteroatoms. The van der Waals surface area contributed by atoms with Crippen LogP contribution in [0.1, 0.15) is 29.1 Å². The van der Waals surface area contributed by atoms with Crippen molar-refractivity contribution < 1.29 is 19.0 Å². The van der Waals surface area contributed by atoms with Crippen molar-refractivity contribution >= 4 is 23.3 Å². The van der Waals surface area contributed by atoms with Gasteiger partial charge in [-0.1, -0.05) is 18.2 Å². The zero-order valence-electron chi connectivity index (χ0n) is 16.6. The zero-order chi connectivity index (χ0) is 20.1. The minimum atomic E-state index is -0.168. The maximum atomic E-state index is 12.7. The fourth-order valence-electron chi connectivity index (χ4n) is 3.72. The van der Waals surface area contributed by atoms with Crippen LogP contribution in [0.5, 0.6) is 5.75 Å². The van der Waals surface area contributed by atoms with E-state index in [0.29, 0.717) is 26.4 Å². The summed E-state index contributed by atoms with van der Waals surface area (Å²) in [4.78, 5) is 19.0. The molecule has 2 aliphatic rings. The summed E-state index contributed by atoms with van der Waals surface area (Å²) in [6.45, 7) is 5.13. The number of aromatic nitrogens is 1. The Bertz CT molecular complexity index is 860. The lowest BCUT2D eigenvalue weighted by molar-refractivity contribution is -0.134. The van der Waals surface area contributed by atoms with Crippen molar-refractivity contribution in [1.29, 1.82) is 0 Å². The quantitative estimate of drug-likeness (QED) is 0.675. The van der Waals surface area contributed by atoms with E-state index in [1.807, 2.05) is 47.5 Å². The predicted octanol–water partition coefficient (Wildman–Crippen LogP) is 3.66. The number of ether oxygens (including phenoxy) is 3. The smallest absolute Gasteiger partial charge is 0.246 e. The second-order valence-corrected chi connectivity index (χ2v) is 8.38. The van der Waals surface area contributed by atoms with E-state index in [-0.39, 0.29) is 18.1 Å². The summed E-state index contributed by atoms with van der Waals surface area (Å²) in [6.07, 6.45) is 5.30. The third-order valence-corrected chi connectivity index (χ3v) is 5.99. The fourth-order valence-corrected chi connectivity index (χ4v) is 4.32. The Kier molecular flexibility index (Phi) is 6.59. The number of aryl methyl sites for hydroxylation is 1. The number of hydrogen-bond acceptors (Lipinski definition) is 6. The highest BCUT2D eigenvalue weighted by molar-refractivity contribution is 7.09. The predicted molar refractivity (Wildman–Crippen MR) is 112 cm³/mol. The van der Waals surface area contributed by atoms with Gasteiger partial charge in [0.25, 0.3) is 0 Å². The van der Waals surface area contributed by atoms with Crippen LogP contribution < -0.4 is 4.74 Å². The number of carbonyl (C=O) groups is 1. The van der Waals surface area contributed by atoms with Crippen molar-refractivity contribution in [3.63, 3.8) is 0 Å². The summed E-state index contributed by atoms with van der Waals surface area (Å²) in [5.41, 5.74) is 1.79. The molecule has 0 radical (unpaired) electrons. The molecule has 154 valence electrons. The van der Waals surface area contributed by atoms with Gasteiger partial charge in [-0.3, -0.25) is 4.79 Å². The average molecular weight is 415 g/mol. The lowest BCUT2D eigenvalue weighted by Gasteiger charge is -2.34. The molecule has 2 aromatic rings. The first-order chi connectivity index (χ1) is 14.2. The molecule has 1 aromatic carbocycles. The molecule has 6 nitrogen and oxygen atoms in total. The molecular formula is C22H26N2O4S. The van der Waals surface area contributed by atoms with Gasteiger partial charge < -0.3 is 19.1 Å². The fraction of sp³-hybridized carbons (Fsp3) is 0.455. The summed E-state index contributed by atoms with van der Waals surface area (Å²) in [5.74, 6) is 1.00. The lowest BCUT2D eigenvalue weighted by Crippen LogP contribution is -2.43. The van der Waals surface area contributed by atoms with E-state index < -0.39 is 0 Å². The van der Waals surface area contributed by atoms with Gasteiger partial charge in [0, 0.05) is 36.0 Å². The lowest BCUT2D eigenvalue weighted by atomic mass is 9.97. The van der Waals surface area contributed by atoms with Gasteiger partial charge in [-0.2, -0.15) is 0 Å². The Labute approximate surface area is 175 Å². The van der Waals surface area contributed by atoms with Crippen LogP contribution in [0.25, 0.3) is 6.08 Å². The van der Waals surface area contributed by atoms with E-state index in [1.165, 1.54) is 0 Å². The van der Waals surface area contributed by atoms with E-state index in [4.69, 9.17) is 14.2 Å². The minimum absolute atomic E-state index is 0.0117. The molecule has 0 aliphatic carbocycles. The van der Waals surface area contributed by atoms with E-state index in [9.17, 15) is 4.79 Å². The number of piperidine rings is 1. The number of rotatable bonds is 6. The Morgan fingerprint density at radius 3 is 2.97 bits per heavy atom. The van der Waals surface area contributed by atoms with Crippen LogP contribution in [0.2, 0.25) is 0 Å². The van der Waals surface area contributed by atoms with Gasteiger partial charge in [-0.25, -0.2) is 4.98 Å². The van der Waals surface area contributed by atoms with Crippen molar-refractivity contribution in [1.82, 2.24) is 9.88 Å². The second-order valence-electron chi connectivity index (χ2n) is 7.31. The standard InChI is InChI=1S/C22H26N2O4S/c1-16-23-19(15-29-16)14-28-20-7-3-2-5-17(20)8-9-21(25)24-10-4-6-18(13-24)22-26-11-12-27-22/h2-3,5,7-9,15,18,22H,4,6,10-14H2,1H3/b9-8+. The zero-order valence-corrected chi connectivity index (χ0v) is 17.4. The first-order valence-electron chi connectivity index (χ1n) is 10.0. The van der Waals surface area contributed by atoms with Gasteiger partial charge in [-0.05, 0) is 31.9 Å². The van der Waals surface area contributed by atoms with Crippen LogP contribution in [0.3, 0.4) is 0 Å². The Morgan fingerprint density at radius 1 is 1.34 bits per heavy atom. The van der Waals surface area contributed by atoms with E-state index in [1.54, 1.807) is 17.4 Å². The Morgan fingerprint density at radius 2 is 2.17 bits per heavy atom. The van der Waals surface area contributed by atoms with Crippen LogP contribution in [0.15, 0.2) is 35.7 Å². The van der Waals surface area contributed by atoms with E-state index in [2.05, 4.69) is 4.98 Å². The maximum absolute atomic E-state index is 12.7. The monoisotopic (exact) mass is 414 g/mol. The summed E-state index contributed by atoms with van der Waals surface area (Å²) in [6, 6.07) is 7.73. The molecule has 2 fully saturated rings. The van der Waals surface area contributed by atoms with E-state index >= 15 is 0 Å². The summed E-state index contributed by atoms with van der Waals surface area (Å²) in [7, 11) is 0. The molecule has 1 atom stereocenters. The van der Waals surface area contributed by atoms with Gasteiger partial charge in [0.05, 0.1) is 23.9 Å². The molecule has 1 unspecified atom stereocenters. The Balaban J connectivity index is 1.37. The van der Waals surface area contributed by atoms with Crippen LogP contribution in [-0.4, -0.2) is 48.4 Å². The summed E-state index contributed by atoms with van der Waals surface area (Å²) < 4.78 is 17.2. The SMILES string of the molecule is Cc1nc(COc2ccccc2/C=C/C(=O)N2CCCC(C3OCCO3)C2)cs1. The number of nitrogens with zero attached hydrogens (tertiary/aromatic N) is 2. The molecule has 2 saturated heterocycles. The normalized spacial score (nSPS) is 20.4. The number of thiazole rings is 1. The van der Waals surface area contributed by atoms with Crippen molar-refractivity contribution in [2.75, 3.05) is 26.3 Å². The maximum Gasteiger partial charge on any atom is 0.246 e. The Hall–Kier alpha value is -2.22. The van der Waals surface area contributed by atoms with Gasteiger partial charge >= 0.3 is 0 Å². The van der Waals surface area contributed by atoms with Gasteiger partial charge in [0.1, 0.15) is 12.4 Å². The van der Waals surface area contributed by atoms with Crippen LogP contribution in [0, 0.1) is 12.8 Å². The number of benzene rings is 1. The summed E-state index contributed by atoms with van der Waals surface area (Å²) >= 11 is 1.61. The van der Waals surface area contributed by atoms with Crippen molar-refractivity contribution in [3.8, 4) is 5.75 Å². The number of likely N-dealkylation sites (tertiary alicyclic amines) is 1. The van der Waals surface area contributed by atoms with Gasteiger partial charge in [-0.15, -0.1) is 11.3 Å². The highest BCUT2D eigenvalue weighted by Crippen LogP contribution is 2.26. The molecule has 3 heterocycles. The number of hydrogen-bond donors (Lipinski definition) is 0. The number of amides is 1. The molecule has 4 rings (SSSR count). The average Bonchev–Trinajstić information content (AvgIpc) is 3.43. The third kappa shape index (κ3) is 5.23. The molecule has 2 aliphatic heterocycles. The third-order valence-electron chi connectivity index (χ3n) is 5.17. The highest BCUT2D eigenvalue weighted by Gasteiger charge is 2.32. The minimum Gasteiger partial charge on any atom is -0.487 e. The van der Waals surface area contributed by atoms with Crippen LogP contribution >= 0.6 is 11.3 Å². The van der Waals surface area contributed by atoms with Crippen molar-refractivity contribution in [2.45, 2.75) is 32.7 Å². The number of para-hydroxylation sites is 1. The highest BCUT2D eigenvalue weighted by atomic mass is 32.1. The first-order valence-corrected chi connectivity index (χ1v) is 10.9. The first kappa shape index (κ1) is 20.1. The van der Waals surface area contributed by atoms with Gasteiger partial charge in [0.2, 0.25) is 5.91 Å². The van der Waals surface area contributed by atoms with Crippen molar-refractivity contribution in [3.05, 3.63) is 52.0 Å². The van der Waals surface area contributed by atoms with Crippen LogP contribution in [0.4, 0.5) is 0 Å². The molecule has 0 saturated carbocycles. The van der Waals surface area contributed by atoms with Crippen molar-refractivity contribution in [2.24, 2.45) is 5.92 Å². The molecule has 0 spiro atoms. The molecule has 1 aromatic heterocycles. The molecule has 0 N–H and O–H groups in total. The molecule has 1 amide bonds. The van der Waals surface area contributed by atoms with E-state index in [0.717, 1.165) is 41.4 Å². The number of carbonyl (C=O) groups excluding carboxylic acids is 1. The molecule has 0 bridgehead atoms. The second kappa shape index (κ2) is 9.52. The largest absolute Gasteiger partial charge is 0.487 e. The molecular weight excluding hydrogens is 388 g/mol.